The maximum atomic E-state index is 4.68. The fraction of sp³-hybridized carbons (Fsp3) is 0.348. The van der Waals surface area contributed by atoms with Gasteiger partial charge in [-0.1, -0.05) is 42.0 Å². The van der Waals surface area contributed by atoms with Gasteiger partial charge in [-0.2, -0.15) is 10.1 Å². The molecule has 0 spiro atoms. The van der Waals surface area contributed by atoms with Gasteiger partial charge in [-0.15, -0.1) is 5.10 Å². The Morgan fingerprint density at radius 1 is 0.897 bits per heavy atom. The number of aromatic nitrogens is 3. The third kappa shape index (κ3) is 4.47. The van der Waals surface area contributed by atoms with Gasteiger partial charge >= 0.3 is 0 Å². The second-order valence-electron chi connectivity index (χ2n) is 7.67. The Bertz CT molecular complexity index is 961. The Balaban J connectivity index is 1.38. The SMILES string of the molecule is Cc1ccc(CNc2nncc(N3CCN(c4cccc(C)c4C)CC3)n2)cc1. The Kier molecular flexibility index (Phi) is 5.60. The van der Waals surface area contributed by atoms with Crippen molar-refractivity contribution in [3.63, 3.8) is 0 Å². The van der Waals surface area contributed by atoms with Crippen molar-refractivity contribution in [2.75, 3.05) is 41.3 Å². The number of piperazine rings is 1. The van der Waals surface area contributed by atoms with E-state index in [4.69, 9.17) is 0 Å². The van der Waals surface area contributed by atoms with Gasteiger partial charge in [0, 0.05) is 38.4 Å². The van der Waals surface area contributed by atoms with Crippen LogP contribution in [0.5, 0.6) is 0 Å². The van der Waals surface area contributed by atoms with Crippen molar-refractivity contribution in [3.05, 3.63) is 70.9 Å². The molecule has 0 amide bonds. The number of rotatable bonds is 5. The van der Waals surface area contributed by atoms with Crippen molar-refractivity contribution in [1.29, 1.82) is 0 Å². The number of nitrogens with one attached hydrogen (secondary N) is 1. The average Bonchev–Trinajstić information content (AvgIpc) is 2.76. The first-order valence-corrected chi connectivity index (χ1v) is 10.2. The molecule has 1 fully saturated rings. The van der Waals surface area contributed by atoms with Gasteiger partial charge in [-0.3, -0.25) is 0 Å². The van der Waals surface area contributed by atoms with E-state index in [0.29, 0.717) is 12.5 Å². The molecule has 0 unspecified atom stereocenters. The van der Waals surface area contributed by atoms with E-state index in [-0.39, 0.29) is 0 Å². The Morgan fingerprint density at radius 2 is 1.62 bits per heavy atom. The number of hydrogen-bond donors (Lipinski definition) is 1. The van der Waals surface area contributed by atoms with Crippen LogP contribution in [0.2, 0.25) is 0 Å². The minimum atomic E-state index is 0.569. The van der Waals surface area contributed by atoms with Gasteiger partial charge in [0.25, 0.3) is 0 Å². The summed E-state index contributed by atoms with van der Waals surface area (Å²) in [5.41, 5.74) is 6.51. The molecule has 4 rings (SSSR count). The summed E-state index contributed by atoms with van der Waals surface area (Å²) in [5, 5.41) is 11.6. The molecular weight excluding hydrogens is 360 g/mol. The van der Waals surface area contributed by atoms with Crippen LogP contribution in [0, 0.1) is 20.8 Å². The molecule has 6 heteroatoms. The smallest absolute Gasteiger partial charge is 0.244 e. The van der Waals surface area contributed by atoms with Crippen molar-refractivity contribution in [1.82, 2.24) is 15.2 Å². The molecule has 0 bridgehead atoms. The summed E-state index contributed by atoms with van der Waals surface area (Å²) in [4.78, 5) is 9.43. The fourth-order valence-corrected chi connectivity index (χ4v) is 3.66. The van der Waals surface area contributed by atoms with Gasteiger partial charge in [-0.25, -0.2) is 0 Å². The Morgan fingerprint density at radius 3 is 2.38 bits per heavy atom. The third-order valence-corrected chi connectivity index (χ3v) is 5.64. The van der Waals surface area contributed by atoms with Gasteiger partial charge < -0.3 is 15.1 Å². The van der Waals surface area contributed by atoms with Crippen LogP contribution in [0.25, 0.3) is 0 Å². The van der Waals surface area contributed by atoms with E-state index in [1.54, 1.807) is 6.20 Å². The summed E-state index contributed by atoms with van der Waals surface area (Å²) in [6, 6.07) is 15.0. The average molecular weight is 389 g/mol. The van der Waals surface area contributed by atoms with Crippen LogP contribution in [-0.4, -0.2) is 41.4 Å². The quantitative estimate of drug-likeness (QED) is 0.719. The van der Waals surface area contributed by atoms with Crippen LogP contribution in [0.4, 0.5) is 17.5 Å². The predicted octanol–water partition coefficient (Wildman–Crippen LogP) is 3.74. The molecule has 2 aromatic carbocycles. The molecule has 29 heavy (non-hydrogen) atoms. The second kappa shape index (κ2) is 8.47. The van der Waals surface area contributed by atoms with Crippen molar-refractivity contribution >= 4 is 17.5 Å². The van der Waals surface area contributed by atoms with Crippen LogP contribution < -0.4 is 15.1 Å². The van der Waals surface area contributed by atoms with Gasteiger partial charge in [0.15, 0.2) is 5.82 Å². The molecule has 1 aliphatic rings. The first-order chi connectivity index (χ1) is 14.1. The maximum absolute atomic E-state index is 4.68. The lowest BCUT2D eigenvalue weighted by Crippen LogP contribution is -2.47. The van der Waals surface area contributed by atoms with Crippen molar-refractivity contribution in [2.24, 2.45) is 0 Å². The van der Waals surface area contributed by atoms with E-state index in [1.165, 1.54) is 27.9 Å². The highest BCUT2D eigenvalue weighted by molar-refractivity contribution is 5.57. The molecule has 150 valence electrons. The summed E-state index contributed by atoms with van der Waals surface area (Å²) in [6.45, 7) is 10.9. The van der Waals surface area contributed by atoms with E-state index in [2.05, 4.69) is 93.5 Å². The van der Waals surface area contributed by atoms with Crippen molar-refractivity contribution < 1.29 is 0 Å². The van der Waals surface area contributed by atoms with Gasteiger partial charge in [0.2, 0.25) is 5.95 Å². The molecule has 0 radical (unpaired) electrons. The molecule has 1 N–H and O–H groups in total. The van der Waals surface area contributed by atoms with E-state index >= 15 is 0 Å². The highest BCUT2D eigenvalue weighted by Crippen LogP contribution is 2.25. The molecular formula is C23H28N6. The number of anilines is 3. The maximum Gasteiger partial charge on any atom is 0.244 e. The summed E-state index contributed by atoms with van der Waals surface area (Å²) in [7, 11) is 0. The molecule has 1 saturated heterocycles. The van der Waals surface area contributed by atoms with Gasteiger partial charge in [-0.05, 0) is 43.5 Å². The fourth-order valence-electron chi connectivity index (χ4n) is 3.66. The van der Waals surface area contributed by atoms with Crippen molar-refractivity contribution in [2.45, 2.75) is 27.3 Å². The molecule has 1 aliphatic heterocycles. The van der Waals surface area contributed by atoms with Crippen LogP contribution in [0.3, 0.4) is 0 Å². The standard InChI is InChI=1S/C23H28N6/c1-17-7-9-20(10-8-17)15-24-23-26-22(16-25-27-23)29-13-11-28(12-14-29)21-6-4-5-18(2)19(21)3/h4-10,16H,11-15H2,1-3H3,(H,24,26,27). The van der Waals surface area contributed by atoms with E-state index in [1.807, 2.05) is 0 Å². The van der Waals surface area contributed by atoms with E-state index in [9.17, 15) is 0 Å². The van der Waals surface area contributed by atoms with Crippen molar-refractivity contribution in [3.8, 4) is 0 Å². The Hall–Kier alpha value is -3.15. The number of benzene rings is 2. The van der Waals surface area contributed by atoms with E-state index in [0.717, 1.165) is 32.0 Å². The van der Waals surface area contributed by atoms with Gasteiger partial charge in [0.1, 0.15) is 0 Å². The molecule has 6 nitrogen and oxygen atoms in total. The van der Waals surface area contributed by atoms with Crippen LogP contribution >= 0.6 is 0 Å². The number of hydrogen-bond acceptors (Lipinski definition) is 6. The predicted molar refractivity (Wildman–Crippen MR) is 119 cm³/mol. The lowest BCUT2D eigenvalue weighted by molar-refractivity contribution is 0.643. The summed E-state index contributed by atoms with van der Waals surface area (Å²) >= 11 is 0. The molecule has 2 heterocycles. The minimum Gasteiger partial charge on any atom is -0.368 e. The second-order valence-corrected chi connectivity index (χ2v) is 7.67. The number of nitrogens with zero attached hydrogens (tertiary/aromatic N) is 5. The largest absolute Gasteiger partial charge is 0.368 e. The molecule has 0 aliphatic carbocycles. The zero-order valence-corrected chi connectivity index (χ0v) is 17.4. The highest BCUT2D eigenvalue weighted by Gasteiger charge is 2.20. The van der Waals surface area contributed by atoms with E-state index < -0.39 is 0 Å². The molecule has 0 saturated carbocycles. The highest BCUT2D eigenvalue weighted by atomic mass is 15.3. The summed E-state index contributed by atoms with van der Waals surface area (Å²) in [5.74, 6) is 1.45. The first kappa shape index (κ1) is 19.2. The van der Waals surface area contributed by atoms with Crippen LogP contribution in [0.15, 0.2) is 48.7 Å². The first-order valence-electron chi connectivity index (χ1n) is 10.2. The zero-order valence-electron chi connectivity index (χ0n) is 17.4. The summed E-state index contributed by atoms with van der Waals surface area (Å²) in [6.07, 6.45) is 1.75. The summed E-state index contributed by atoms with van der Waals surface area (Å²) < 4.78 is 0. The van der Waals surface area contributed by atoms with Crippen LogP contribution in [-0.2, 0) is 6.54 Å². The molecule has 0 atom stereocenters. The monoisotopic (exact) mass is 388 g/mol. The number of aryl methyl sites for hydroxylation is 2. The van der Waals surface area contributed by atoms with Crippen LogP contribution in [0.1, 0.15) is 22.3 Å². The lowest BCUT2D eigenvalue weighted by atomic mass is 10.1. The topological polar surface area (TPSA) is 57.2 Å². The van der Waals surface area contributed by atoms with Gasteiger partial charge in [0.05, 0.1) is 6.20 Å². The lowest BCUT2D eigenvalue weighted by Gasteiger charge is -2.37. The molecule has 1 aromatic heterocycles. The minimum absolute atomic E-state index is 0.569. The zero-order chi connectivity index (χ0) is 20.2. The normalized spacial score (nSPS) is 14.2. The Labute approximate surface area is 172 Å². The third-order valence-electron chi connectivity index (χ3n) is 5.64. The molecule has 3 aromatic rings.